The van der Waals surface area contributed by atoms with Crippen LogP contribution < -0.4 is 5.32 Å². The summed E-state index contributed by atoms with van der Waals surface area (Å²) in [4.78, 5) is 14.4. The molecule has 104 valence electrons. The number of nitrogens with one attached hydrogen (secondary N) is 1. The molecular weight excluding hydrogens is 242 g/mol. The van der Waals surface area contributed by atoms with Gasteiger partial charge in [0.1, 0.15) is 0 Å². The van der Waals surface area contributed by atoms with Gasteiger partial charge in [0.2, 0.25) is 0 Å². The van der Waals surface area contributed by atoms with Crippen LogP contribution in [0.15, 0.2) is 6.20 Å². The predicted molar refractivity (Wildman–Crippen MR) is 70.7 cm³/mol. The second-order valence-electron chi connectivity index (χ2n) is 5.89. The molecule has 1 aromatic rings. The van der Waals surface area contributed by atoms with Crippen LogP contribution in [0, 0.1) is 5.41 Å². The molecular formula is C13H21N5O. The molecule has 3 rings (SSSR count). The van der Waals surface area contributed by atoms with Gasteiger partial charge in [-0.25, -0.2) is 0 Å². The average Bonchev–Trinajstić information content (AvgIpc) is 2.85. The molecule has 2 aliphatic rings. The molecule has 2 fully saturated rings. The lowest BCUT2D eigenvalue weighted by molar-refractivity contribution is 0.0429. The Bertz CT molecular complexity index is 458. The Morgan fingerprint density at radius 1 is 1.42 bits per heavy atom. The SMILES string of the molecule is Cn1cc(C(=O)N2CCCC3(CCCNC3)C2)nn1. The van der Waals surface area contributed by atoms with Gasteiger partial charge in [0, 0.05) is 32.1 Å². The second kappa shape index (κ2) is 4.92. The quantitative estimate of drug-likeness (QED) is 0.797. The molecule has 1 amide bonds. The minimum atomic E-state index is 0.0257. The van der Waals surface area contributed by atoms with Gasteiger partial charge < -0.3 is 10.2 Å². The first-order valence-corrected chi connectivity index (χ1v) is 7.05. The molecule has 0 aliphatic carbocycles. The first-order chi connectivity index (χ1) is 9.19. The number of hydrogen-bond acceptors (Lipinski definition) is 4. The summed E-state index contributed by atoms with van der Waals surface area (Å²) in [5.41, 5.74) is 0.747. The van der Waals surface area contributed by atoms with Crippen LogP contribution in [-0.2, 0) is 7.05 Å². The van der Waals surface area contributed by atoms with E-state index in [4.69, 9.17) is 0 Å². The molecule has 0 bridgehead atoms. The first kappa shape index (κ1) is 12.6. The molecule has 6 heteroatoms. The number of hydrogen-bond donors (Lipinski definition) is 1. The maximum atomic E-state index is 12.4. The topological polar surface area (TPSA) is 63.1 Å². The largest absolute Gasteiger partial charge is 0.337 e. The Morgan fingerprint density at radius 3 is 2.95 bits per heavy atom. The van der Waals surface area contributed by atoms with Crippen molar-refractivity contribution in [1.29, 1.82) is 0 Å². The number of rotatable bonds is 1. The van der Waals surface area contributed by atoms with Crippen molar-refractivity contribution in [2.24, 2.45) is 12.5 Å². The Morgan fingerprint density at radius 2 is 2.26 bits per heavy atom. The van der Waals surface area contributed by atoms with Gasteiger partial charge in [0.25, 0.3) is 5.91 Å². The molecule has 6 nitrogen and oxygen atoms in total. The van der Waals surface area contributed by atoms with Crippen molar-refractivity contribution >= 4 is 5.91 Å². The van der Waals surface area contributed by atoms with Gasteiger partial charge in [0.05, 0.1) is 6.20 Å². The smallest absolute Gasteiger partial charge is 0.276 e. The normalized spacial score (nSPS) is 27.7. The van der Waals surface area contributed by atoms with Gasteiger partial charge in [-0.3, -0.25) is 9.48 Å². The molecule has 3 heterocycles. The van der Waals surface area contributed by atoms with Crippen LogP contribution >= 0.6 is 0 Å². The number of nitrogens with zero attached hydrogens (tertiary/aromatic N) is 4. The number of carbonyl (C=O) groups excluding carboxylic acids is 1. The number of carbonyl (C=O) groups is 1. The lowest BCUT2D eigenvalue weighted by Crippen LogP contribution is -2.52. The van der Waals surface area contributed by atoms with E-state index in [1.54, 1.807) is 17.9 Å². The van der Waals surface area contributed by atoms with Crippen molar-refractivity contribution in [1.82, 2.24) is 25.2 Å². The van der Waals surface area contributed by atoms with Crippen LogP contribution in [0.3, 0.4) is 0 Å². The fraction of sp³-hybridized carbons (Fsp3) is 0.769. The van der Waals surface area contributed by atoms with E-state index in [-0.39, 0.29) is 11.3 Å². The highest BCUT2D eigenvalue weighted by Crippen LogP contribution is 2.36. The van der Waals surface area contributed by atoms with Crippen LogP contribution in [0.5, 0.6) is 0 Å². The van der Waals surface area contributed by atoms with Crippen LogP contribution in [0.4, 0.5) is 0 Å². The maximum absolute atomic E-state index is 12.4. The molecule has 2 saturated heterocycles. The van der Waals surface area contributed by atoms with Gasteiger partial charge in [-0.15, -0.1) is 5.10 Å². The molecule has 1 N–H and O–H groups in total. The predicted octanol–water partition coefficient (Wildman–Crippen LogP) is 0.421. The van der Waals surface area contributed by atoms with E-state index in [1.165, 1.54) is 19.3 Å². The van der Waals surface area contributed by atoms with E-state index in [0.717, 1.165) is 32.6 Å². The highest BCUT2D eigenvalue weighted by molar-refractivity contribution is 5.92. The molecule has 19 heavy (non-hydrogen) atoms. The fourth-order valence-electron chi connectivity index (χ4n) is 3.37. The zero-order valence-electron chi connectivity index (χ0n) is 11.4. The summed E-state index contributed by atoms with van der Waals surface area (Å²) in [6, 6.07) is 0. The van der Waals surface area contributed by atoms with E-state index in [0.29, 0.717) is 5.69 Å². The number of likely N-dealkylation sites (tertiary alicyclic amines) is 1. The van der Waals surface area contributed by atoms with Crippen molar-refractivity contribution < 1.29 is 4.79 Å². The summed E-state index contributed by atoms with van der Waals surface area (Å²) >= 11 is 0. The van der Waals surface area contributed by atoms with Crippen molar-refractivity contribution in [3.05, 3.63) is 11.9 Å². The van der Waals surface area contributed by atoms with Crippen LogP contribution in [0.25, 0.3) is 0 Å². The number of piperidine rings is 2. The monoisotopic (exact) mass is 263 g/mol. The number of aryl methyl sites for hydroxylation is 1. The van der Waals surface area contributed by atoms with E-state index in [1.807, 2.05) is 4.90 Å². The van der Waals surface area contributed by atoms with Crippen LogP contribution in [0.2, 0.25) is 0 Å². The average molecular weight is 263 g/mol. The highest BCUT2D eigenvalue weighted by atomic mass is 16.2. The minimum absolute atomic E-state index is 0.0257. The van der Waals surface area contributed by atoms with Crippen LogP contribution in [0.1, 0.15) is 36.2 Å². The summed E-state index contributed by atoms with van der Waals surface area (Å²) in [6.45, 7) is 3.85. The summed E-state index contributed by atoms with van der Waals surface area (Å²) in [5, 5.41) is 11.3. The minimum Gasteiger partial charge on any atom is -0.337 e. The fourth-order valence-corrected chi connectivity index (χ4v) is 3.37. The number of amides is 1. The molecule has 0 aromatic carbocycles. The summed E-state index contributed by atoms with van der Waals surface area (Å²) in [7, 11) is 1.78. The molecule has 1 unspecified atom stereocenters. The van der Waals surface area contributed by atoms with Crippen molar-refractivity contribution in [2.45, 2.75) is 25.7 Å². The third kappa shape index (κ3) is 2.49. The zero-order valence-corrected chi connectivity index (χ0v) is 11.4. The van der Waals surface area contributed by atoms with Gasteiger partial charge in [-0.2, -0.15) is 0 Å². The standard InChI is InChI=1S/C13H21N5O/c1-17-8-11(15-16-17)12(19)18-7-3-5-13(10-18)4-2-6-14-9-13/h8,14H,2-7,9-10H2,1H3. The Kier molecular flexibility index (Phi) is 3.26. The Balaban J connectivity index is 1.72. The van der Waals surface area contributed by atoms with Gasteiger partial charge in [0.15, 0.2) is 5.69 Å². The third-order valence-corrected chi connectivity index (χ3v) is 4.33. The van der Waals surface area contributed by atoms with Crippen molar-refractivity contribution in [3.63, 3.8) is 0 Å². The molecule has 2 aliphatic heterocycles. The van der Waals surface area contributed by atoms with E-state index in [2.05, 4.69) is 15.6 Å². The van der Waals surface area contributed by atoms with Crippen LogP contribution in [-0.4, -0.2) is 52.0 Å². The lowest BCUT2D eigenvalue weighted by Gasteiger charge is -2.45. The van der Waals surface area contributed by atoms with Gasteiger partial charge in [-0.05, 0) is 32.2 Å². The Hall–Kier alpha value is -1.43. The van der Waals surface area contributed by atoms with E-state index < -0.39 is 0 Å². The first-order valence-electron chi connectivity index (χ1n) is 7.05. The lowest BCUT2D eigenvalue weighted by atomic mass is 9.74. The van der Waals surface area contributed by atoms with Crippen molar-refractivity contribution in [2.75, 3.05) is 26.2 Å². The van der Waals surface area contributed by atoms with Crippen molar-refractivity contribution in [3.8, 4) is 0 Å². The molecule has 0 saturated carbocycles. The molecule has 0 radical (unpaired) electrons. The molecule has 1 atom stereocenters. The molecule has 1 aromatic heterocycles. The zero-order chi connectivity index (χ0) is 13.3. The number of aromatic nitrogens is 3. The highest BCUT2D eigenvalue weighted by Gasteiger charge is 2.38. The third-order valence-electron chi connectivity index (χ3n) is 4.33. The van der Waals surface area contributed by atoms with E-state index >= 15 is 0 Å². The maximum Gasteiger partial charge on any atom is 0.276 e. The molecule has 1 spiro atoms. The summed E-state index contributed by atoms with van der Waals surface area (Å²) in [5.74, 6) is 0.0257. The summed E-state index contributed by atoms with van der Waals surface area (Å²) in [6.07, 6.45) is 6.46. The summed E-state index contributed by atoms with van der Waals surface area (Å²) < 4.78 is 1.58. The second-order valence-corrected chi connectivity index (χ2v) is 5.89. The van der Waals surface area contributed by atoms with Gasteiger partial charge in [-0.1, -0.05) is 5.21 Å². The Labute approximate surface area is 113 Å². The van der Waals surface area contributed by atoms with E-state index in [9.17, 15) is 4.79 Å². The van der Waals surface area contributed by atoms with Gasteiger partial charge >= 0.3 is 0 Å².